The predicted octanol–water partition coefficient (Wildman–Crippen LogP) is 6.51. The lowest BCUT2D eigenvalue weighted by atomic mass is 9.92. The number of carbonyl (C=O) groups excluding carboxylic acids is 2. The van der Waals surface area contributed by atoms with E-state index < -0.39 is 5.79 Å². The molecule has 0 aromatic heterocycles. The summed E-state index contributed by atoms with van der Waals surface area (Å²) >= 11 is 1.57. The van der Waals surface area contributed by atoms with Crippen molar-refractivity contribution in [1.82, 2.24) is 0 Å². The molecule has 6 nitrogen and oxygen atoms in total. The van der Waals surface area contributed by atoms with Crippen molar-refractivity contribution >= 4 is 29.3 Å². The summed E-state index contributed by atoms with van der Waals surface area (Å²) in [6.45, 7) is 7.33. The van der Waals surface area contributed by atoms with Crippen molar-refractivity contribution in [2.45, 2.75) is 50.7 Å². The van der Waals surface area contributed by atoms with Crippen LogP contribution < -0.4 is 9.64 Å². The molecular formula is C32H35NO5S. The van der Waals surface area contributed by atoms with Crippen LogP contribution in [0.15, 0.2) is 84.9 Å². The van der Waals surface area contributed by atoms with Crippen LogP contribution in [-0.2, 0) is 24.8 Å². The second kappa shape index (κ2) is 11.5. The van der Waals surface area contributed by atoms with Gasteiger partial charge >= 0.3 is 5.97 Å². The van der Waals surface area contributed by atoms with Crippen molar-refractivity contribution in [3.63, 3.8) is 0 Å². The highest BCUT2D eigenvalue weighted by molar-refractivity contribution is 8.00. The number of hydrogen-bond donors (Lipinski definition) is 0. The van der Waals surface area contributed by atoms with Gasteiger partial charge in [0.1, 0.15) is 11.0 Å². The third-order valence-electron chi connectivity index (χ3n) is 7.05. The first-order valence-corrected chi connectivity index (χ1v) is 14.5. The fourth-order valence-corrected chi connectivity index (χ4v) is 6.33. The van der Waals surface area contributed by atoms with Gasteiger partial charge in [-0.1, -0.05) is 81.4 Å². The molecule has 0 bridgehead atoms. The highest BCUT2D eigenvalue weighted by Crippen LogP contribution is 2.48. The Morgan fingerprint density at radius 3 is 2.18 bits per heavy atom. The molecule has 7 heteroatoms. The van der Waals surface area contributed by atoms with Crippen LogP contribution in [-0.4, -0.2) is 36.1 Å². The molecule has 5 rings (SSSR count). The molecule has 2 aliphatic rings. The molecule has 0 N–H and O–H groups in total. The van der Waals surface area contributed by atoms with Crippen LogP contribution in [0.1, 0.15) is 50.8 Å². The molecule has 2 saturated heterocycles. The number of amides is 1. The third-order valence-corrected chi connectivity index (χ3v) is 8.41. The number of ether oxygens (including phenoxy) is 3. The van der Waals surface area contributed by atoms with Gasteiger partial charge in [-0.15, -0.1) is 11.8 Å². The number of rotatable bonds is 9. The predicted molar refractivity (Wildman–Crippen MR) is 154 cm³/mol. The summed E-state index contributed by atoms with van der Waals surface area (Å²) in [7, 11) is 0. The number of esters is 1. The molecule has 2 atom stereocenters. The molecule has 2 unspecified atom stereocenters. The Bertz CT molecular complexity index is 1270. The molecule has 3 aromatic rings. The average Bonchev–Trinajstić information content (AvgIpc) is 2.94. The van der Waals surface area contributed by atoms with Gasteiger partial charge in [-0.2, -0.15) is 0 Å². The summed E-state index contributed by atoms with van der Waals surface area (Å²) in [5.41, 5.74) is 2.71. The second-order valence-corrected chi connectivity index (χ2v) is 12.0. The molecule has 2 aliphatic heterocycles. The highest BCUT2D eigenvalue weighted by Gasteiger charge is 2.51. The topological polar surface area (TPSA) is 65.1 Å². The number of benzene rings is 3. The molecule has 0 aliphatic carbocycles. The molecule has 2 heterocycles. The lowest BCUT2D eigenvalue weighted by Gasteiger charge is -2.49. The summed E-state index contributed by atoms with van der Waals surface area (Å²) in [5, 5.41) is -0.318. The van der Waals surface area contributed by atoms with Crippen molar-refractivity contribution in [1.29, 1.82) is 0 Å². The van der Waals surface area contributed by atoms with Crippen LogP contribution in [0.4, 0.5) is 5.69 Å². The number of carbonyl (C=O) groups is 2. The van der Waals surface area contributed by atoms with Crippen LogP contribution in [0.25, 0.3) is 0 Å². The number of thioether (sulfide) groups is 1. The first kappa shape index (κ1) is 27.4. The smallest absolute Gasteiger partial charge is 0.311 e. The van der Waals surface area contributed by atoms with Crippen LogP contribution in [0, 0.1) is 5.41 Å². The van der Waals surface area contributed by atoms with Crippen molar-refractivity contribution in [2.75, 3.05) is 23.9 Å². The molecule has 3 aromatic carbocycles. The zero-order valence-corrected chi connectivity index (χ0v) is 23.5. The van der Waals surface area contributed by atoms with E-state index in [1.807, 2.05) is 84.6 Å². The number of anilines is 1. The number of hydrogen-bond acceptors (Lipinski definition) is 6. The van der Waals surface area contributed by atoms with E-state index in [2.05, 4.69) is 13.8 Å². The van der Waals surface area contributed by atoms with Gasteiger partial charge in [-0.3, -0.25) is 9.59 Å². The Morgan fingerprint density at radius 2 is 1.56 bits per heavy atom. The van der Waals surface area contributed by atoms with Gasteiger partial charge in [-0.25, -0.2) is 0 Å². The molecule has 2 fully saturated rings. The van der Waals surface area contributed by atoms with E-state index >= 15 is 0 Å². The Hall–Kier alpha value is -3.13. The van der Waals surface area contributed by atoms with Crippen LogP contribution in [0.5, 0.6) is 5.75 Å². The number of β-lactam (4-membered cyclic amide) rings is 1. The zero-order valence-electron chi connectivity index (χ0n) is 22.7. The Morgan fingerprint density at radius 1 is 0.949 bits per heavy atom. The number of para-hydroxylation sites is 1. The minimum atomic E-state index is -0.920. The van der Waals surface area contributed by atoms with Gasteiger partial charge in [0, 0.05) is 23.1 Å². The van der Waals surface area contributed by atoms with E-state index in [9.17, 15) is 9.59 Å². The summed E-state index contributed by atoms with van der Waals surface area (Å²) in [6, 6.07) is 27.0. The minimum absolute atomic E-state index is 0.0500. The summed E-state index contributed by atoms with van der Waals surface area (Å²) in [5.74, 6) is -0.126. The van der Waals surface area contributed by atoms with Crippen LogP contribution in [0.2, 0.25) is 0 Å². The Kier molecular flexibility index (Phi) is 8.12. The molecule has 204 valence electrons. The quantitative estimate of drug-likeness (QED) is 0.174. The molecule has 39 heavy (non-hydrogen) atoms. The maximum absolute atomic E-state index is 13.6. The maximum Gasteiger partial charge on any atom is 0.311 e. The molecule has 1 amide bonds. The maximum atomic E-state index is 13.6. The van der Waals surface area contributed by atoms with Gasteiger partial charge in [-0.05, 0) is 36.2 Å². The van der Waals surface area contributed by atoms with E-state index in [1.165, 1.54) is 0 Å². The van der Waals surface area contributed by atoms with E-state index in [0.717, 1.165) is 23.2 Å². The van der Waals surface area contributed by atoms with Gasteiger partial charge in [0.05, 0.1) is 25.0 Å². The first-order chi connectivity index (χ1) is 18.8. The average molecular weight is 546 g/mol. The lowest BCUT2D eigenvalue weighted by Crippen LogP contribution is -2.58. The standard InChI is InChI=1S/C32H35NO5S/c1-4-11-27(34)38-26-18-16-23(17-19-26)28-29(30(35)33(28)25-14-9-6-10-15-25)39-22-32(24-12-7-5-8-13-24)36-20-31(2,3)21-37-32/h5-10,12-19,28-29H,4,11,20-22H2,1-3H3. The molecule has 0 radical (unpaired) electrons. The van der Waals surface area contributed by atoms with Crippen molar-refractivity contribution in [2.24, 2.45) is 5.41 Å². The van der Waals surface area contributed by atoms with Gasteiger partial charge in [0.2, 0.25) is 11.7 Å². The highest BCUT2D eigenvalue weighted by atomic mass is 32.2. The van der Waals surface area contributed by atoms with Crippen LogP contribution >= 0.6 is 11.8 Å². The summed E-state index contributed by atoms with van der Waals surface area (Å²) in [6.07, 6.45) is 1.12. The second-order valence-electron chi connectivity index (χ2n) is 10.9. The molecular weight excluding hydrogens is 510 g/mol. The van der Waals surface area contributed by atoms with E-state index in [0.29, 0.717) is 31.1 Å². The van der Waals surface area contributed by atoms with Crippen molar-refractivity contribution in [3.8, 4) is 5.75 Å². The van der Waals surface area contributed by atoms with Gasteiger partial charge < -0.3 is 19.1 Å². The monoisotopic (exact) mass is 545 g/mol. The number of nitrogens with zero attached hydrogens (tertiary/aromatic N) is 1. The Labute approximate surface area is 234 Å². The van der Waals surface area contributed by atoms with Crippen LogP contribution in [0.3, 0.4) is 0 Å². The minimum Gasteiger partial charge on any atom is -0.427 e. The third kappa shape index (κ3) is 5.91. The van der Waals surface area contributed by atoms with Crippen molar-refractivity contribution in [3.05, 3.63) is 96.1 Å². The van der Waals surface area contributed by atoms with E-state index in [-0.39, 0.29) is 28.6 Å². The fraction of sp³-hybridized carbons (Fsp3) is 0.375. The van der Waals surface area contributed by atoms with Gasteiger partial charge in [0.25, 0.3) is 0 Å². The normalized spacial score (nSPS) is 21.7. The Balaban J connectivity index is 1.39. The lowest BCUT2D eigenvalue weighted by molar-refractivity contribution is -0.295. The zero-order chi connectivity index (χ0) is 27.5. The molecule has 0 saturated carbocycles. The van der Waals surface area contributed by atoms with E-state index in [1.54, 1.807) is 23.9 Å². The summed E-state index contributed by atoms with van der Waals surface area (Å²) < 4.78 is 18.3. The van der Waals surface area contributed by atoms with E-state index in [4.69, 9.17) is 14.2 Å². The molecule has 0 spiro atoms. The summed E-state index contributed by atoms with van der Waals surface area (Å²) in [4.78, 5) is 27.4. The largest absolute Gasteiger partial charge is 0.427 e. The van der Waals surface area contributed by atoms with Crippen molar-refractivity contribution < 1.29 is 23.8 Å². The SMILES string of the molecule is CCCC(=O)Oc1ccc(C2C(SCC3(c4ccccc4)OCC(C)(C)CO3)C(=O)N2c2ccccc2)cc1. The fourth-order valence-electron chi connectivity index (χ4n) is 4.88. The van der Waals surface area contributed by atoms with Gasteiger partial charge in [0.15, 0.2) is 0 Å². The first-order valence-electron chi connectivity index (χ1n) is 13.5.